The lowest BCUT2D eigenvalue weighted by Crippen LogP contribution is -2.28. The molecule has 6 nitrogen and oxygen atoms in total. The fourth-order valence-corrected chi connectivity index (χ4v) is 2.94. The molecule has 1 heterocycles. The lowest BCUT2D eigenvalue weighted by atomic mass is 10.1. The number of nitrogens with zero attached hydrogens (tertiary/aromatic N) is 1. The summed E-state index contributed by atoms with van der Waals surface area (Å²) in [6.07, 6.45) is 0.00466. The predicted molar refractivity (Wildman–Crippen MR) is 95.0 cm³/mol. The van der Waals surface area contributed by atoms with E-state index in [2.05, 4.69) is 5.32 Å². The lowest BCUT2D eigenvalue weighted by Gasteiger charge is -2.20. The molecule has 1 aliphatic rings. The number of halogens is 2. The van der Waals surface area contributed by atoms with E-state index < -0.39 is 23.5 Å². The number of rotatable bonds is 5. The third kappa shape index (κ3) is 3.84. The molecule has 3 rings (SSSR count). The summed E-state index contributed by atoms with van der Waals surface area (Å²) >= 11 is 0. The highest BCUT2D eigenvalue weighted by atomic mass is 19.2. The van der Waals surface area contributed by atoms with Crippen molar-refractivity contribution < 1.29 is 27.8 Å². The Balaban J connectivity index is 1.75. The fraction of sp³-hybridized carbons (Fsp3) is 0.263. The van der Waals surface area contributed by atoms with Crippen LogP contribution in [-0.2, 0) is 9.59 Å². The maximum absolute atomic E-state index is 13.3. The summed E-state index contributed by atoms with van der Waals surface area (Å²) in [5.74, 6) is -2.33. The van der Waals surface area contributed by atoms with Gasteiger partial charge in [0.25, 0.3) is 0 Å². The van der Waals surface area contributed by atoms with E-state index in [0.717, 1.165) is 12.1 Å². The Morgan fingerprint density at radius 3 is 2.56 bits per heavy atom. The summed E-state index contributed by atoms with van der Waals surface area (Å²) in [6, 6.07) is 8.12. The van der Waals surface area contributed by atoms with Gasteiger partial charge in [0, 0.05) is 30.8 Å². The number of hydrogen-bond donors (Lipinski definition) is 1. The zero-order chi connectivity index (χ0) is 19.6. The molecule has 0 aliphatic carbocycles. The minimum absolute atomic E-state index is 0.00466. The molecule has 0 radical (unpaired) electrons. The van der Waals surface area contributed by atoms with E-state index >= 15 is 0 Å². The molecule has 1 aliphatic heterocycles. The first-order valence-corrected chi connectivity index (χ1v) is 8.21. The van der Waals surface area contributed by atoms with Crippen LogP contribution in [0.5, 0.6) is 11.5 Å². The molecule has 8 heteroatoms. The molecule has 2 aromatic rings. The molecule has 2 aromatic carbocycles. The third-order valence-corrected chi connectivity index (χ3v) is 4.36. The Bertz CT molecular complexity index is 888. The third-order valence-electron chi connectivity index (χ3n) is 4.36. The van der Waals surface area contributed by atoms with Gasteiger partial charge in [-0.15, -0.1) is 0 Å². The van der Waals surface area contributed by atoms with Crippen LogP contribution in [0.25, 0.3) is 0 Å². The van der Waals surface area contributed by atoms with Crippen LogP contribution in [0.1, 0.15) is 6.42 Å². The molecule has 1 unspecified atom stereocenters. The lowest BCUT2D eigenvalue weighted by molar-refractivity contribution is -0.122. The van der Waals surface area contributed by atoms with Gasteiger partial charge in [0.1, 0.15) is 11.5 Å². The second-order valence-electron chi connectivity index (χ2n) is 6.06. The molecule has 1 atom stereocenters. The topological polar surface area (TPSA) is 67.9 Å². The van der Waals surface area contributed by atoms with Gasteiger partial charge < -0.3 is 19.7 Å². The first-order chi connectivity index (χ1) is 12.9. The summed E-state index contributed by atoms with van der Waals surface area (Å²) in [6.45, 7) is 0.150. The molecule has 2 amide bonds. The fourth-order valence-electron chi connectivity index (χ4n) is 2.94. The van der Waals surface area contributed by atoms with Gasteiger partial charge in [-0.05, 0) is 24.3 Å². The highest BCUT2D eigenvalue weighted by Crippen LogP contribution is 2.36. The van der Waals surface area contributed by atoms with Crippen molar-refractivity contribution in [3.05, 3.63) is 48.0 Å². The van der Waals surface area contributed by atoms with E-state index in [0.29, 0.717) is 17.2 Å². The van der Waals surface area contributed by atoms with Crippen molar-refractivity contribution in [3.8, 4) is 11.5 Å². The predicted octanol–water partition coefficient (Wildman–Crippen LogP) is 2.97. The van der Waals surface area contributed by atoms with Crippen LogP contribution in [0, 0.1) is 17.6 Å². The van der Waals surface area contributed by atoms with Crippen molar-refractivity contribution in [2.75, 3.05) is 31.0 Å². The normalized spacial score (nSPS) is 16.4. The molecular formula is C19H18F2N2O4. The SMILES string of the molecule is COc1ccc(N2CC(C(=O)Nc3ccc(F)c(F)c3)CC2=O)c(OC)c1. The highest BCUT2D eigenvalue weighted by molar-refractivity contribution is 6.04. The average molecular weight is 376 g/mol. The summed E-state index contributed by atoms with van der Waals surface area (Å²) in [4.78, 5) is 26.3. The number of hydrogen-bond acceptors (Lipinski definition) is 4. The second-order valence-corrected chi connectivity index (χ2v) is 6.06. The monoisotopic (exact) mass is 376 g/mol. The van der Waals surface area contributed by atoms with Crippen molar-refractivity contribution in [3.63, 3.8) is 0 Å². The smallest absolute Gasteiger partial charge is 0.229 e. The van der Waals surface area contributed by atoms with Crippen molar-refractivity contribution in [1.29, 1.82) is 0 Å². The molecule has 1 N–H and O–H groups in total. The zero-order valence-corrected chi connectivity index (χ0v) is 14.8. The molecule has 1 fully saturated rings. The minimum Gasteiger partial charge on any atom is -0.497 e. The second kappa shape index (κ2) is 7.61. The molecule has 0 aromatic heterocycles. The van der Waals surface area contributed by atoms with E-state index in [4.69, 9.17) is 9.47 Å². The Morgan fingerprint density at radius 2 is 1.89 bits per heavy atom. The number of ether oxygens (including phenoxy) is 2. The van der Waals surface area contributed by atoms with Crippen LogP contribution in [0.4, 0.5) is 20.2 Å². The maximum Gasteiger partial charge on any atom is 0.229 e. The standard InChI is InChI=1S/C19H18F2N2O4/c1-26-13-4-6-16(17(9-13)27-2)23-10-11(7-18(23)24)19(25)22-12-3-5-14(20)15(21)8-12/h3-6,8-9,11H,7,10H2,1-2H3,(H,22,25). The van der Waals surface area contributed by atoms with Crippen molar-refractivity contribution in [2.24, 2.45) is 5.92 Å². The largest absolute Gasteiger partial charge is 0.497 e. The van der Waals surface area contributed by atoms with Gasteiger partial charge in [0.15, 0.2) is 11.6 Å². The van der Waals surface area contributed by atoms with E-state index in [1.54, 1.807) is 18.2 Å². The number of amides is 2. The number of anilines is 2. The molecule has 1 saturated heterocycles. The Labute approximate surface area is 154 Å². The summed E-state index contributed by atoms with van der Waals surface area (Å²) in [7, 11) is 3.00. The van der Waals surface area contributed by atoms with E-state index in [1.165, 1.54) is 25.2 Å². The Hall–Kier alpha value is -3.16. The van der Waals surface area contributed by atoms with Gasteiger partial charge >= 0.3 is 0 Å². The summed E-state index contributed by atoms with van der Waals surface area (Å²) < 4.78 is 36.7. The first kappa shape index (κ1) is 18.6. The van der Waals surface area contributed by atoms with Gasteiger partial charge in [0.05, 0.1) is 25.8 Å². The first-order valence-electron chi connectivity index (χ1n) is 8.21. The molecule has 0 spiro atoms. The molecule has 142 valence electrons. The van der Waals surface area contributed by atoms with Crippen LogP contribution in [0.3, 0.4) is 0 Å². The van der Waals surface area contributed by atoms with Gasteiger partial charge in [-0.3, -0.25) is 9.59 Å². The van der Waals surface area contributed by atoms with Crippen LogP contribution >= 0.6 is 0 Å². The van der Waals surface area contributed by atoms with Gasteiger partial charge in [0.2, 0.25) is 11.8 Å². The van der Waals surface area contributed by atoms with Crippen LogP contribution in [-0.4, -0.2) is 32.6 Å². The van der Waals surface area contributed by atoms with Crippen molar-refractivity contribution in [1.82, 2.24) is 0 Å². The molecule has 0 saturated carbocycles. The minimum atomic E-state index is -1.06. The van der Waals surface area contributed by atoms with E-state index in [-0.39, 0.29) is 24.6 Å². The van der Waals surface area contributed by atoms with Crippen LogP contribution in [0.2, 0.25) is 0 Å². The molecule has 0 bridgehead atoms. The van der Waals surface area contributed by atoms with E-state index in [9.17, 15) is 18.4 Å². The summed E-state index contributed by atoms with van der Waals surface area (Å²) in [5.41, 5.74) is 0.665. The van der Waals surface area contributed by atoms with Gasteiger partial charge in [-0.1, -0.05) is 0 Å². The molecular weight excluding hydrogens is 358 g/mol. The van der Waals surface area contributed by atoms with Crippen LogP contribution in [0.15, 0.2) is 36.4 Å². The number of methoxy groups -OCH3 is 2. The quantitative estimate of drug-likeness (QED) is 0.871. The Morgan fingerprint density at radius 1 is 1.11 bits per heavy atom. The van der Waals surface area contributed by atoms with Gasteiger partial charge in [-0.2, -0.15) is 0 Å². The number of nitrogens with one attached hydrogen (secondary N) is 1. The zero-order valence-electron chi connectivity index (χ0n) is 14.8. The summed E-state index contributed by atoms with van der Waals surface area (Å²) in [5, 5.41) is 2.52. The highest BCUT2D eigenvalue weighted by Gasteiger charge is 2.36. The number of carbonyl (C=O) groups is 2. The van der Waals surface area contributed by atoms with Gasteiger partial charge in [-0.25, -0.2) is 8.78 Å². The maximum atomic E-state index is 13.3. The van der Waals surface area contributed by atoms with Crippen LogP contribution < -0.4 is 19.7 Å². The average Bonchev–Trinajstić information content (AvgIpc) is 3.05. The van der Waals surface area contributed by atoms with Crippen molar-refractivity contribution in [2.45, 2.75) is 6.42 Å². The van der Waals surface area contributed by atoms with E-state index in [1.807, 2.05) is 0 Å². The molecule has 27 heavy (non-hydrogen) atoms. The number of carbonyl (C=O) groups excluding carboxylic acids is 2. The van der Waals surface area contributed by atoms with Crippen molar-refractivity contribution >= 4 is 23.2 Å². The Kier molecular flexibility index (Phi) is 5.25. The number of benzene rings is 2.